The van der Waals surface area contributed by atoms with E-state index >= 15 is 0 Å². The molecule has 2 aliphatic rings. The number of hydrogen-bond acceptors (Lipinski definition) is 5. The van der Waals surface area contributed by atoms with Gasteiger partial charge in [0.2, 0.25) is 10.0 Å². The lowest BCUT2D eigenvalue weighted by Gasteiger charge is -2.24. The van der Waals surface area contributed by atoms with Crippen molar-refractivity contribution in [3.05, 3.63) is 18.2 Å². The molecule has 1 heterocycles. The molecule has 23 heavy (non-hydrogen) atoms. The highest BCUT2D eigenvalue weighted by Crippen LogP contribution is 2.30. The van der Waals surface area contributed by atoms with Crippen LogP contribution in [0.2, 0.25) is 0 Å². The number of anilines is 1. The number of benzene rings is 1. The van der Waals surface area contributed by atoms with Crippen LogP contribution in [0.3, 0.4) is 0 Å². The minimum Gasteiger partial charge on any atom is -0.482 e. The predicted octanol–water partition coefficient (Wildman–Crippen LogP) is 0.778. The fourth-order valence-corrected chi connectivity index (χ4v) is 3.68. The largest absolute Gasteiger partial charge is 0.482 e. The van der Waals surface area contributed by atoms with E-state index in [9.17, 15) is 13.2 Å². The van der Waals surface area contributed by atoms with Crippen LogP contribution in [0, 0.1) is 0 Å². The Balaban J connectivity index is 1.69. The number of fused-ring (bicyclic) bond motifs is 1. The highest BCUT2D eigenvalue weighted by Gasteiger charge is 2.30. The second-order valence-corrected chi connectivity index (χ2v) is 7.86. The van der Waals surface area contributed by atoms with Crippen LogP contribution in [0.15, 0.2) is 23.1 Å². The van der Waals surface area contributed by atoms with Gasteiger partial charge >= 0.3 is 0 Å². The maximum absolute atomic E-state index is 12.4. The summed E-state index contributed by atoms with van der Waals surface area (Å²) in [7, 11) is -1.61. The molecule has 1 atom stereocenters. The molecule has 1 aromatic carbocycles. The van der Waals surface area contributed by atoms with E-state index in [4.69, 9.17) is 4.74 Å². The molecule has 0 spiro atoms. The summed E-state index contributed by atoms with van der Waals surface area (Å²) in [5.41, 5.74) is 0.382. The van der Waals surface area contributed by atoms with Crippen molar-refractivity contribution >= 4 is 21.6 Å². The van der Waals surface area contributed by atoms with Crippen LogP contribution in [0.4, 0.5) is 5.69 Å². The number of hydrogen-bond donors (Lipinski definition) is 2. The molecule has 8 heteroatoms. The van der Waals surface area contributed by atoms with Crippen LogP contribution < -0.4 is 14.8 Å². The maximum Gasteiger partial charge on any atom is 0.262 e. The first-order chi connectivity index (χ1) is 10.9. The van der Waals surface area contributed by atoms with Crippen molar-refractivity contribution < 1.29 is 17.9 Å². The Morgan fingerprint density at radius 1 is 1.43 bits per heavy atom. The standard InChI is InChI=1S/C15H21N3O4S/c1-10(18(2)11-3-4-11)8-16-23(20,21)12-5-6-14-13(7-12)17-15(19)9-22-14/h5-7,10-11,16H,3-4,8-9H2,1-2H3,(H,17,19)/t10-/m0/s1. The quantitative estimate of drug-likeness (QED) is 0.800. The molecule has 0 unspecified atom stereocenters. The van der Waals surface area contributed by atoms with E-state index in [1.54, 1.807) is 6.07 Å². The molecule has 0 bridgehead atoms. The minimum absolute atomic E-state index is 0.0532. The molecule has 3 rings (SSSR count). The van der Waals surface area contributed by atoms with Crippen LogP contribution in [0.5, 0.6) is 5.75 Å². The van der Waals surface area contributed by atoms with Gasteiger partial charge in [-0.15, -0.1) is 0 Å². The average molecular weight is 339 g/mol. The van der Waals surface area contributed by atoms with E-state index in [1.165, 1.54) is 25.0 Å². The summed E-state index contributed by atoms with van der Waals surface area (Å²) in [6, 6.07) is 5.16. The minimum atomic E-state index is -3.63. The molecule has 1 saturated carbocycles. The topological polar surface area (TPSA) is 87.7 Å². The van der Waals surface area contributed by atoms with Crippen molar-refractivity contribution in [2.24, 2.45) is 0 Å². The summed E-state index contributed by atoms with van der Waals surface area (Å²) in [6.07, 6.45) is 2.36. The third-order valence-electron chi connectivity index (χ3n) is 4.28. The Labute approximate surface area is 136 Å². The average Bonchev–Trinajstić information content (AvgIpc) is 3.36. The summed E-state index contributed by atoms with van der Waals surface area (Å²) in [5.74, 6) is 0.185. The fourth-order valence-electron chi connectivity index (χ4n) is 2.53. The summed E-state index contributed by atoms with van der Waals surface area (Å²) in [5, 5.41) is 2.61. The van der Waals surface area contributed by atoms with Crippen LogP contribution in [-0.2, 0) is 14.8 Å². The number of carbonyl (C=O) groups excluding carboxylic acids is 1. The van der Waals surface area contributed by atoms with Crippen molar-refractivity contribution in [3.8, 4) is 5.75 Å². The highest BCUT2D eigenvalue weighted by atomic mass is 32.2. The van der Waals surface area contributed by atoms with Crippen LogP contribution in [-0.4, -0.2) is 51.5 Å². The van der Waals surface area contributed by atoms with Gasteiger partial charge in [-0.25, -0.2) is 13.1 Å². The van der Waals surface area contributed by atoms with E-state index in [2.05, 4.69) is 14.9 Å². The van der Waals surface area contributed by atoms with E-state index in [1.807, 2.05) is 14.0 Å². The zero-order valence-electron chi connectivity index (χ0n) is 13.2. The number of nitrogens with one attached hydrogen (secondary N) is 2. The smallest absolute Gasteiger partial charge is 0.262 e. The summed E-state index contributed by atoms with van der Waals surface area (Å²) in [6.45, 7) is 2.29. The first-order valence-corrected chi connectivity index (χ1v) is 9.13. The number of amides is 1. The molecule has 1 aromatic rings. The predicted molar refractivity (Wildman–Crippen MR) is 86.0 cm³/mol. The van der Waals surface area contributed by atoms with Gasteiger partial charge < -0.3 is 10.1 Å². The zero-order valence-corrected chi connectivity index (χ0v) is 14.0. The lowest BCUT2D eigenvalue weighted by molar-refractivity contribution is -0.118. The Hall–Kier alpha value is -1.64. The van der Waals surface area contributed by atoms with Crippen molar-refractivity contribution in [2.45, 2.75) is 36.7 Å². The van der Waals surface area contributed by atoms with Gasteiger partial charge in [0, 0.05) is 18.6 Å². The highest BCUT2D eigenvalue weighted by molar-refractivity contribution is 7.89. The second-order valence-electron chi connectivity index (χ2n) is 6.09. The molecule has 126 valence electrons. The SMILES string of the molecule is C[C@@H](CNS(=O)(=O)c1ccc2c(c1)NC(=O)CO2)N(C)C1CC1. The Morgan fingerprint density at radius 2 is 2.17 bits per heavy atom. The van der Waals surface area contributed by atoms with E-state index in [0.29, 0.717) is 24.0 Å². The van der Waals surface area contributed by atoms with Gasteiger partial charge in [-0.3, -0.25) is 9.69 Å². The van der Waals surface area contributed by atoms with Gasteiger partial charge in [0.1, 0.15) is 5.75 Å². The normalized spacial score (nSPS) is 19.0. The molecule has 1 aliphatic carbocycles. The number of nitrogens with zero attached hydrogens (tertiary/aromatic N) is 1. The first kappa shape index (κ1) is 16.2. The van der Waals surface area contributed by atoms with Gasteiger partial charge in [-0.1, -0.05) is 0 Å². The Morgan fingerprint density at radius 3 is 2.87 bits per heavy atom. The molecule has 2 N–H and O–H groups in total. The van der Waals surface area contributed by atoms with E-state index < -0.39 is 10.0 Å². The van der Waals surface area contributed by atoms with Gasteiger partial charge in [0.05, 0.1) is 10.6 Å². The number of sulfonamides is 1. The molecule has 0 aromatic heterocycles. The maximum atomic E-state index is 12.4. The van der Waals surface area contributed by atoms with E-state index in [0.717, 1.165) is 0 Å². The van der Waals surface area contributed by atoms with Gasteiger partial charge in [-0.2, -0.15) is 0 Å². The molecule has 0 radical (unpaired) electrons. The first-order valence-electron chi connectivity index (χ1n) is 7.65. The van der Waals surface area contributed by atoms with Crippen molar-refractivity contribution in [2.75, 3.05) is 25.5 Å². The molecule has 1 aliphatic heterocycles. The molecule has 1 amide bonds. The van der Waals surface area contributed by atoms with Gasteiger partial charge in [0.25, 0.3) is 5.91 Å². The zero-order chi connectivity index (χ0) is 16.6. The summed E-state index contributed by atoms with van der Waals surface area (Å²) in [4.78, 5) is 13.7. The summed E-state index contributed by atoms with van der Waals surface area (Å²) >= 11 is 0. The Bertz CT molecular complexity index is 715. The van der Waals surface area contributed by atoms with Crippen LogP contribution >= 0.6 is 0 Å². The molecular weight excluding hydrogens is 318 g/mol. The van der Waals surface area contributed by atoms with Gasteiger partial charge in [-0.05, 0) is 45.0 Å². The van der Waals surface area contributed by atoms with Crippen LogP contribution in [0.25, 0.3) is 0 Å². The number of rotatable bonds is 6. The molecule has 1 fully saturated rings. The molecular formula is C15H21N3O4S. The van der Waals surface area contributed by atoms with Gasteiger partial charge in [0.15, 0.2) is 6.61 Å². The molecule has 7 nitrogen and oxygen atoms in total. The number of likely N-dealkylation sites (N-methyl/N-ethyl adjacent to an activating group) is 1. The third kappa shape index (κ3) is 3.65. The second kappa shape index (κ2) is 6.10. The fraction of sp³-hybridized carbons (Fsp3) is 0.533. The summed E-state index contributed by atoms with van der Waals surface area (Å²) < 4.78 is 32.7. The Kier molecular flexibility index (Phi) is 4.31. The molecule has 0 saturated heterocycles. The van der Waals surface area contributed by atoms with E-state index in [-0.39, 0.29) is 23.5 Å². The monoisotopic (exact) mass is 339 g/mol. The van der Waals surface area contributed by atoms with Crippen molar-refractivity contribution in [1.29, 1.82) is 0 Å². The lowest BCUT2D eigenvalue weighted by Crippen LogP contribution is -2.41. The van der Waals surface area contributed by atoms with Crippen molar-refractivity contribution in [3.63, 3.8) is 0 Å². The van der Waals surface area contributed by atoms with Crippen LogP contribution in [0.1, 0.15) is 19.8 Å². The third-order valence-corrected chi connectivity index (χ3v) is 5.70. The lowest BCUT2D eigenvalue weighted by atomic mass is 10.2. The number of ether oxygens (including phenoxy) is 1. The number of carbonyl (C=O) groups is 1. The van der Waals surface area contributed by atoms with Crippen molar-refractivity contribution in [1.82, 2.24) is 9.62 Å².